The van der Waals surface area contributed by atoms with Crippen molar-refractivity contribution in [1.29, 1.82) is 0 Å². The summed E-state index contributed by atoms with van der Waals surface area (Å²) in [6.07, 6.45) is 3.31. The SMILES string of the molecule is Cn1cnc([N+](=O)[O-])c1N1CCC(c2nc3ccccc3[nH]2)CC1. The standard InChI is InChI=1S/C16H18N6O2/c1-20-10-17-15(22(23)24)16(20)21-8-6-11(7-9-21)14-18-12-4-2-3-5-13(12)19-14/h2-5,10-11H,6-9H2,1H3,(H,18,19). The van der Waals surface area contributed by atoms with Gasteiger partial charge in [-0.25, -0.2) is 4.98 Å². The molecule has 0 radical (unpaired) electrons. The lowest BCUT2D eigenvalue weighted by Crippen LogP contribution is -2.34. The van der Waals surface area contributed by atoms with Gasteiger partial charge in [-0.05, 0) is 34.9 Å². The van der Waals surface area contributed by atoms with Crippen LogP contribution in [0, 0.1) is 10.1 Å². The summed E-state index contributed by atoms with van der Waals surface area (Å²) in [6, 6.07) is 8.01. The molecule has 0 amide bonds. The molecule has 1 fully saturated rings. The molecule has 0 spiro atoms. The highest BCUT2D eigenvalue weighted by molar-refractivity contribution is 5.74. The lowest BCUT2D eigenvalue weighted by Gasteiger charge is -2.31. The van der Waals surface area contributed by atoms with Crippen LogP contribution in [-0.4, -0.2) is 37.5 Å². The van der Waals surface area contributed by atoms with E-state index in [-0.39, 0.29) is 5.82 Å². The second kappa shape index (κ2) is 5.63. The Morgan fingerprint density at radius 3 is 2.75 bits per heavy atom. The molecule has 3 aromatic rings. The molecule has 124 valence electrons. The Hall–Kier alpha value is -2.90. The number of nitrogens with zero attached hydrogens (tertiary/aromatic N) is 5. The number of fused-ring (bicyclic) bond motifs is 1. The number of benzene rings is 1. The van der Waals surface area contributed by atoms with Gasteiger partial charge in [-0.2, -0.15) is 0 Å². The minimum Gasteiger partial charge on any atom is -0.358 e. The Kier molecular flexibility index (Phi) is 3.44. The van der Waals surface area contributed by atoms with E-state index in [2.05, 4.69) is 15.0 Å². The number of hydrogen-bond donors (Lipinski definition) is 1. The van der Waals surface area contributed by atoms with E-state index >= 15 is 0 Å². The quantitative estimate of drug-likeness (QED) is 0.590. The van der Waals surface area contributed by atoms with E-state index in [1.54, 1.807) is 11.6 Å². The van der Waals surface area contributed by atoms with E-state index in [9.17, 15) is 10.1 Å². The fourth-order valence-electron chi connectivity index (χ4n) is 3.44. The first-order chi connectivity index (χ1) is 11.6. The Labute approximate surface area is 138 Å². The van der Waals surface area contributed by atoms with Crippen molar-refractivity contribution >= 4 is 22.7 Å². The molecule has 0 aliphatic carbocycles. The summed E-state index contributed by atoms with van der Waals surface area (Å²) in [5.74, 6) is 1.87. The molecule has 1 N–H and O–H groups in total. The van der Waals surface area contributed by atoms with E-state index in [1.165, 1.54) is 6.33 Å². The van der Waals surface area contributed by atoms with Gasteiger partial charge in [-0.3, -0.25) is 4.57 Å². The Bertz CT molecular complexity index is 858. The van der Waals surface area contributed by atoms with E-state index in [0.29, 0.717) is 11.7 Å². The number of rotatable bonds is 3. The number of anilines is 1. The van der Waals surface area contributed by atoms with E-state index in [0.717, 1.165) is 42.8 Å². The first kappa shape index (κ1) is 14.7. The van der Waals surface area contributed by atoms with Gasteiger partial charge in [0, 0.05) is 26.1 Å². The van der Waals surface area contributed by atoms with E-state index in [4.69, 9.17) is 0 Å². The highest BCUT2D eigenvalue weighted by atomic mass is 16.6. The maximum absolute atomic E-state index is 11.2. The highest BCUT2D eigenvalue weighted by Crippen LogP contribution is 2.33. The number of piperidine rings is 1. The van der Waals surface area contributed by atoms with E-state index in [1.807, 2.05) is 29.2 Å². The predicted molar refractivity (Wildman–Crippen MR) is 90.1 cm³/mol. The molecular weight excluding hydrogens is 308 g/mol. The molecule has 8 heteroatoms. The van der Waals surface area contributed by atoms with Gasteiger partial charge in [0.05, 0.1) is 11.0 Å². The number of H-pyrrole nitrogens is 1. The third kappa shape index (κ3) is 2.40. The van der Waals surface area contributed by atoms with Crippen molar-refractivity contribution in [2.45, 2.75) is 18.8 Å². The summed E-state index contributed by atoms with van der Waals surface area (Å²) in [4.78, 5) is 24.8. The molecule has 0 atom stereocenters. The molecule has 1 aliphatic rings. The van der Waals surface area contributed by atoms with Crippen LogP contribution in [0.4, 0.5) is 11.6 Å². The third-order valence-electron chi connectivity index (χ3n) is 4.65. The lowest BCUT2D eigenvalue weighted by molar-refractivity contribution is -0.388. The van der Waals surface area contributed by atoms with Crippen LogP contribution >= 0.6 is 0 Å². The number of aromatic nitrogens is 4. The molecule has 24 heavy (non-hydrogen) atoms. The summed E-state index contributed by atoms with van der Waals surface area (Å²) >= 11 is 0. The monoisotopic (exact) mass is 326 g/mol. The maximum Gasteiger partial charge on any atom is 0.406 e. The second-order valence-electron chi connectivity index (χ2n) is 6.16. The number of hydrogen-bond acceptors (Lipinski definition) is 5. The summed E-state index contributed by atoms with van der Waals surface area (Å²) in [6.45, 7) is 1.50. The summed E-state index contributed by atoms with van der Waals surface area (Å²) in [5.41, 5.74) is 2.04. The van der Waals surface area contributed by atoms with Crippen molar-refractivity contribution in [3.05, 3.63) is 46.5 Å². The molecular formula is C16H18N6O2. The van der Waals surface area contributed by atoms with Crippen LogP contribution in [-0.2, 0) is 7.05 Å². The molecule has 2 aromatic heterocycles. The Morgan fingerprint density at radius 2 is 2.04 bits per heavy atom. The second-order valence-corrected chi connectivity index (χ2v) is 6.16. The van der Waals surface area contributed by atoms with Crippen LogP contribution in [0.3, 0.4) is 0 Å². The molecule has 0 saturated carbocycles. The lowest BCUT2D eigenvalue weighted by atomic mass is 9.96. The normalized spacial score (nSPS) is 16.0. The van der Waals surface area contributed by atoms with Gasteiger partial charge < -0.3 is 20.0 Å². The molecule has 4 rings (SSSR count). The van der Waals surface area contributed by atoms with Crippen LogP contribution in [0.15, 0.2) is 30.6 Å². The average molecular weight is 326 g/mol. The van der Waals surface area contributed by atoms with Crippen LogP contribution in [0.25, 0.3) is 11.0 Å². The Morgan fingerprint density at radius 1 is 1.29 bits per heavy atom. The van der Waals surface area contributed by atoms with Gasteiger partial charge >= 0.3 is 5.82 Å². The average Bonchev–Trinajstić information content (AvgIpc) is 3.18. The zero-order chi connectivity index (χ0) is 16.7. The van der Waals surface area contributed by atoms with Crippen LogP contribution < -0.4 is 4.90 Å². The largest absolute Gasteiger partial charge is 0.406 e. The number of nitro groups is 1. The maximum atomic E-state index is 11.2. The first-order valence-electron chi connectivity index (χ1n) is 7.99. The summed E-state index contributed by atoms with van der Waals surface area (Å²) in [5, 5.41) is 11.2. The number of aromatic amines is 1. The highest BCUT2D eigenvalue weighted by Gasteiger charge is 2.30. The zero-order valence-corrected chi connectivity index (χ0v) is 13.3. The van der Waals surface area contributed by atoms with Gasteiger partial charge in [-0.15, -0.1) is 0 Å². The van der Waals surface area contributed by atoms with Gasteiger partial charge in [0.15, 0.2) is 0 Å². The van der Waals surface area contributed by atoms with Crippen molar-refractivity contribution in [3.63, 3.8) is 0 Å². The zero-order valence-electron chi connectivity index (χ0n) is 13.3. The van der Waals surface area contributed by atoms with Gasteiger partial charge in [0.2, 0.25) is 12.1 Å². The number of imidazole rings is 2. The molecule has 3 heterocycles. The molecule has 1 saturated heterocycles. The van der Waals surface area contributed by atoms with E-state index < -0.39 is 4.92 Å². The van der Waals surface area contributed by atoms with Gasteiger partial charge in [-0.1, -0.05) is 12.1 Å². The molecule has 0 unspecified atom stereocenters. The molecule has 8 nitrogen and oxygen atoms in total. The number of para-hydroxylation sites is 2. The fraction of sp³-hybridized carbons (Fsp3) is 0.375. The van der Waals surface area contributed by atoms with Crippen molar-refractivity contribution in [2.75, 3.05) is 18.0 Å². The minimum absolute atomic E-state index is 0.0697. The number of nitrogens with one attached hydrogen (secondary N) is 1. The molecule has 0 bridgehead atoms. The fourth-order valence-corrected chi connectivity index (χ4v) is 3.44. The smallest absolute Gasteiger partial charge is 0.358 e. The van der Waals surface area contributed by atoms with Crippen molar-refractivity contribution in [1.82, 2.24) is 19.5 Å². The van der Waals surface area contributed by atoms with Gasteiger partial charge in [0.25, 0.3) is 0 Å². The Balaban J connectivity index is 1.53. The van der Waals surface area contributed by atoms with Crippen LogP contribution in [0.2, 0.25) is 0 Å². The van der Waals surface area contributed by atoms with Crippen molar-refractivity contribution in [3.8, 4) is 0 Å². The summed E-state index contributed by atoms with van der Waals surface area (Å²) < 4.78 is 1.72. The molecule has 1 aliphatic heterocycles. The van der Waals surface area contributed by atoms with Crippen LogP contribution in [0.5, 0.6) is 0 Å². The molecule has 1 aromatic carbocycles. The number of aryl methyl sites for hydroxylation is 1. The van der Waals surface area contributed by atoms with Crippen LogP contribution in [0.1, 0.15) is 24.6 Å². The van der Waals surface area contributed by atoms with Crippen molar-refractivity contribution in [2.24, 2.45) is 7.05 Å². The van der Waals surface area contributed by atoms with Crippen molar-refractivity contribution < 1.29 is 4.92 Å². The topological polar surface area (TPSA) is 92.9 Å². The summed E-state index contributed by atoms with van der Waals surface area (Å²) in [7, 11) is 1.79. The first-order valence-corrected chi connectivity index (χ1v) is 7.99. The van der Waals surface area contributed by atoms with Gasteiger partial charge in [0.1, 0.15) is 5.82 Å². The predicted octanol–water partition coefficient (Wildman–Crippen LogP) is 2.59. The third-order valence-corrected chi connectivity index (χ3v) is 4.65. The minimum atomic E-state index is -0.416.